The van der Waals surface area contributed by atoms with Gasteiger partial charge in [-0.2, -0.15) is 0 Å². The lowest BCUT2D eigenvalue weighted by Gasteiger charge is -2.39. The number of carbonyl (C=O) groups excluding carboxylic acids is 1. The normalized spacial score (nSPS) is 20.0. The molecule has 0 bridgehead atoms. The highest BCUT2D eigenvalue weighted by atomic mass is 19.1. The minimum absolute atomic E-state index is 0.0544. The second kappa shape index (κ2) is 7.83. The molecule has 0 spiro atoms. The van der Waals surface area contributed by atoms with E-state index in [9.17, 15) is 14.3 Å². The van der Waals surface area contributed by atoms with Gasteiger partial charge < -0.3 is 14.7 Å². The van der Waals surface area contributed by atoms with Crippen LogP contribution in [0.2, 0.25) is 0 Å². The number of aromatic nitrogens is 1. The highest BCUT2D eigenvalue weighted by Crippen LogP contribution is 2.23. The van der Waals surface area contributed by atoms with Crippen LogP contribution in [0.3, 0.4) is 0 Å². The molecule has 0 saturated carbocycles. The number of aliphatic hydroxyl groups is 1. The molecule has 0 aliphatic carbocycles. The first-order chi connectivity index (χ1) is 12.4. The number of halogens is 1. The Hall–Kier alpha value is -2.47. The van der Waals surface area contributed by atoms with E-state index in [2.05, 4.69) is 4.98 Å². The number of piperidine rings is 1. The number of hydrogen-bond acceptors (Lipinski definition) is 4. The van der Waals surface area contributed by atoms with Crippen molar-refractivity contribution in [1.29, 1.82) is 0 Å². The number of carbonyl (C=O) groups is 1. The van der Waals surface area contributed by atoms with Gasteiger partial charge in [-0.1, -0.05) is 6.07 Å². The van der Waals surface area contributed by atoms with Crippen molar-refractivity contribution in [3.8, 4) is 5.75 Å². The Morgan fingerprint density at radius 2 is 2.08 bits per heavy atom. The van der Waals surface area contributed by atoms with Gasteiger partial charge in [0.05, 0.1) is 13.0 Å². The third kappa shape index (κ3) is 4.79. The molecule has 1 atom stereocenters. The molecule has 2 aromatic rings. The number of rotatable bonds is 5. The van der Waals surface area contributed by atoms with Crippen LogP contribution in [0.1, 0.15) is 24.1 Å². The molecule has 1 fully saturated rings. The van der Waals surface area contributed by atoms with Crippen molar-refractivity contribution in [3.05, 3.63) is 59.7 Å². The molecule has 1 N–H and O–H groups in total. The molecule has 2 heterocycles. The summed E-state index contributed by atoms with van der Waals surface area (Å²) in [5.74, 6) is 0.101. The predicted molar refractivity (Wildman–Crippen MR) is 95.3 cm³/mol. The maximum Gasteiger partial charge on any atom is 0.228 e. The molecule has 1 aromatic carbocycles. The second-order valence-corrected chi connectivity index (χ2v) is 6.89. The second-order valence-electron chi connectivity index (χ2n) is 6.89. The van der Waals surface area contributed by atoms with Crippen LogP contribution in [0.5, 0.6) is 5.75 Å². The topological polar surface area (TPSA) is 62.7 Å². The Bertz CT molecular complexity index is 749. The van der Waals surface area contributed by atoms with E-state index in [0.717, 1.165) is 11.3 Å². The van der Waals surface area contributed by atoms with Crippen molar-refractivity contribution in [2.75, 3.05) is 19.7 Å². The Balaban J connectivity index is 1.57. The number of amides is 1. The molecular formula is C20H23FN2O3. The summed E-state index contributed by atoms with van der Waals surface area (Å²) in [6.45, 7) is 2.85. The Morgan fingerprint density at radius 3 is 2.77 bits per heavy atom. The van der Waals surface area contributed by atoms with E-state index in [1.54, 1.807) is 11.1 Å². The van der Waals surface area contributed by atoms with E-state index in [4.69, 9.17) is 4.74 Å². The Labute approximate surface area is 152 Å². The number of benzene rings is 1. The van der Waals surface area contributed by atoms with Gasteiger partial charge in [-0.25, -0.2) is 4.39 Å². The first kappa shape index (κ1) is 18.3. The van der Waals surface area contributed by atoms with Gasteiger partial charge in [0.2, 0.25) is 5.91 Å². The quantitative estimate of drug-likeness (QED) is 0.892. The standard InChI is InChI=1S/C20H23FN2O3/c1-15-3-6-17(22-12-15)11-19(24)23-10-2-9-20(25,13-23)14-26-18-7-4-16(21)5-8-18/h3-8,12,25H,2,9-11,13-14H2,1H3/t20-/m1/s1. The number of hydrogen-bond donors (Lipinski definition) is 1. The zero-order valence-corrected chi connectivity index (χ0v) is 14.8. The lowest BCUT2D eigenvalue weighted by atomic mass is 9.93. The molecule has 0 unspecified atom stereocenters. The van der Waals surface area contributed by atoms with E-state index in [-0.39, 0.29) is 31.3 Å². The van der Waals surface area contributed by atoms with E-state index < -0.39 is 5.60 Å². The summed E-state index contributed by atoms with van der Waals surface area (Å²) in [5, 5.41) is 10.8. The third-order valence-electron chi connectivity index (χ3n) is 4.53. The summed E-state index contributed by atoms with van der Waals surface area (Å²) in [7, 11) is 0. The summed E-state index contributed by atoms with van der Waals surface area (Å²) < 4.78 is 18.5. The fraction of sp³-hybridized carbons (Fsp3) is 0.400. The van der Waals surface area contributed by atoms with Crippen molar-refractivity contribution < 1.29 is 19.0 Å². The number of nitrogens with zero attached hydrogens (tertiary/aromatic N) is 2. The van der Waals surface area contributed by atoms with Crippen LogP contribution < -0.4 is 4.74 Å². The molecule has 1 amide bonds. The highest BCUT2D eigenvalue weighted by molar-refractivity contribution is 5.78. The van der Waals surface area contributed by atoms with Crippen molar-refractivity contribution in [1.82, 2.24) is 9.88 Å². The number of likely N-dealkylation sites (tertiary alicyclic amines) is 1. The van der Waals surface area contributed by atoms with E-state index in [1.165, 1.54) is 24.3 Å². The lowest BCUT2D eigenvalue weighted by Crippen LogP contribution is -2.53. The summed E-state index contributed by atoms with van der Waals surface area (Å²) in [4.78, 5) is 18.5. The van der Waals surface area contributed by atoms with Gasteiger partial charge >= 0.3 is 0 Å². The average molecular weight is 358 g/mol. The number of ether oxygens (including phenoxy) is 1. The van der Waals surface area contributed by atoms with Crippen LogP contribution in [0, 0.1) is 12.7 Å². The smallest absolute Gasteiger partial charge is 0.228 e. The first-order valence-electron chi connectivity index (χ1n) is 8.74. The van der Waals surface area contributed by atoms with Crippen LogP contribution in [0.4, 0.5) is 4.39 Å². The minimum atomic E-state index is -1.11. The summed E-state index contributed by atoms with van der Waals surface area (Å²) >= 11 is 0. The Morgan fingerprint density at radius 1 is 1.31 bits per heavy atom. The first-order valence-corrected chi connectivity index (χ1v) is 8.74. The monoisotopic (exact) mass is 358 g/mol. The molecule has 0 radical (unpaired) electrons. The molecule has 1 aromatic heterocycles. The zero-order chi connectivity index (χ0) is 18.6. The fourth-order valence-electron chi connectivity index (χ4n) is 3.06. The van der Waals surface area contributed by atoms with Gasteiger partial charge in [0.25, 0.3) is 0 Å². The van der Waals surface area contributed by atoms with Crippen LogP contribution >= 0.6 is 0 Å². The van der Waals surface area contributed by atoms with E-state index in [0.29, 0.717) is 25.1 Å². The van der Waals surface area contributed by atoms with Gasteiger partial charge in [0, 0.05) is 18.4 Å². The van der Waals surface area contributed by atoms with Crippen molar-refractivity contribution in [2.45, 2.75) is 31.8 Å². The van der Waals surface area contributed by atoms with Crippen LogP contribution in [-0.4, -0.2) is 46.2 Å². The van der Waals surface area contributed by atoms with E-state index in [1.807, 2.05) is 19.1 Å². The molecular weight excluding hydrogens is 335 g/mol. The molecule has 138 valence electrons. The minimum Gasteiger partial charge on any atom is -0.491 e. The molecule has 6 heteroatoms. The third-order valence-corrected chi connectivity index (χ3v) is 4.53. The lowest BCUT2D eigenvalue weighted by molar-refractivity contribution is -0.139. The SMILES string of the molecule is Cc1ccc(CC(=O)N2CCC[C@](O)(COc3ccc(F)cc3)C2)nc1. The molecule has 1 aliphatic rings. The van der Waals surface area contributed by atoms with Crippen LogP contribution in [0.15, 0.2) is 42.6 Å². The molecule has 1 aliphatic heterocycles. The highest BCUT2D eigenvalue weighted by Gasteiger charge is 2.36. The van der Waals surface area contributed by atoms with Gasteiger partial charge in [-0.15, -0.1) is 0 Å². The summed E-state index contributed by atoms with van der Waals surface area (Å²) in [6, 6.07) is 9.44. The maximum atomic E-state index is 12.9. The largest absolute Gasteiger partial charge is 0.491 e. The van der Waals surface area contributed by atoms with Crippen molar-refractivity contribution >= 4 is 5.91 Å². The van der Waals surface area contributed by atoms with Crippen LogP contribution in [-0.2, 0) is 11.2 Å². The van der Waals surface area contributed by atoms with Crippen LogP contribution in [0.25, 0.3) is 0 Å². The Kier molecular flexibility index (Phi) is 5.52. The summed E-state index contributed by atoms with van der Waals surface area (Å²) in [6.07, 6.45) is 3.22. The zero-order valence-electron chi connectivity index (χ0n) is 14.8. The fourth-order valence-corrected chi connectivity index (χ4v) is 3.06. The van der Waals surface area contributed by atoms with Gasteiger partial charge in [-0.05, 0) is 55.7 Å². The average Bonchev–Trinajstić information content (AvgIpc) is 2.63. The van der Waals surface area contributed by atoms with E-state index >= 15 is 0 Å². The number of aryl methyl sites for hydroxylation is 1. The molecule has 1 saturated heterocycles. The molecule has 3 rings (SSSR count). The number of pyridine rings is 1. The maximum absolute atomic E-state index is 12.9. The number of β-amino-alcohol motifs (C(OH)–C–C–N with tert-alkyl or cyclic N) is 1. The predicted octanol–water partition coefficient (Wildman–Crippen LogP) is 2.50. The summed E-state index contributed by atoms with van der Waals surface area (Å²) in [5.41, 5.74) is 0.659. The van der Waals surface area contributed by atoms with Gasteiger partial charge in [-0.3, -0.25) is 9.78 Å². The molecule has 5 nitrogen and oxygen atoms in total. The van der Waals surface area contributed by atoms with Crippen molar-refractivity contribution in [2.24, 2.45) is 0 Å². The van der Waals surface area contributed by atoms with Crippen molar-refractivity contribution in [3.63, 3.8) is 0 Å². The molecule has 26 heavy (non-hydrogen) atoms. The van der Waals surface area contributed by atoms with Gasteiger partial charge in [0.1, 0.15) is 23.8 Å². The van der Waals surface area contributed by atoms with Gasteiger partial charge in [0.15, 0.2) is 0 Å².